The standard InChI is InChI=1S/C28H32N4O5/c1-18-22(17-29-32(18)19-10-7-6-8-11-19)26(33)24-25(21-16-20(36-4)12-13-23(21)37-5)31(28(35)27(24)34)15-9-14-30(2)3/h6-8,10-13,16-17,25,33H,9,14-15H2,1-5H3/t25-/m1/s1. The van der Waals surface area contributed by atoms with Crippen LogP contribution in [-0.4, -0.2) is 77.8 Å². The molecular formula is C28H32N4O5. The maximum absolute atomic E-state index is 13.4. The highest BCUT2D eigenvalue weighted by Crippen LogP contribution is 2.44. The molecule has 194 valence electrons. The Kier molecular flexibility index (Phi) is 7.63. The van der Waals surface area contributed by atoms with Crippen molar-refractivity contribution in [3.05, 3.63) is 77.1 Å². The van der Waals surface area contributed by atoms with Gasteiger partial charge in [-0.05, 0) is 64.3 Å². The summed E-state index contributed by atoms with van der Waals surface area (Å²) in [5.41, 5.74) is 2.38. The predicted octanol–water partition coefficient (Wildman–Crippen LogP) is 3.57. The quantitative estimate of drug-likeness (QED) is 0.270. The average molecular weight is 505 g/mol. The summed E-state index contributed by atoms with van der Waals surface area (Å²) in [4.78, 5) is 30.3. The van der Waals surface area contributed by atoms with Gasteiger partial charge < -0.3 is 24.4 Å². The van der Waals surface area contributed by atoms with E-state index < -0.39 is 17.7 Å². The van der Waals surface area contributed by atoms with Crippen LogP contribution in [0.2, 0.25) is 0 Å². The summed E-state index contributed by atoms with van der Waals surface area (Å²) < 4.78 is 12.7. The van der Waals surface area contributed by atoms with Gasteiger partial charge in [0.2, 0.25) is 0 Å². The number of benzene rings is 2. The van der Waals surface area contributed by atoms with E-state index in [0.717, 1.165) is 12.2 Å². The van der Waals surface area contributed by atoms with Gasteiger partial charge in [0.05, 0.1) is 49.0 Å². The van der Waals surface area contributed by atoms with Crippen molar-refractivity contribution in [2.75, 3.05) is 41.4 Å². The lowest BCUT2D eigenvalue weighted by atomic mass is 9.94. The smallest absolute Gasteiger partial charge is 0.295 e. The molecule has 1 aliphatic heterocycles. The Bertz CT molecular complexity index is 1330. The molecule has 37 heavy (non-hydrogen) atoms. The SMILES string of the molecule is COc1ccc(OC)c([C@@H]2C(=C(O)c3cnn(-c4ccccc4)c3C)C(=O)C(=O)N2CCCN(C)C)c1. The highest BCUT2D eigenvalue weighted by molar-refractivity contribution is 6.46. The van der Waals surface area contributed by atoms with Gasteiger partial charge in [-0.2, -0.15) is 5.10 Å². The summed E-state index contributed by atoms with van der Waals surface area (Å²) in [6, 6.07) is 13.8. The average Bonchev–Trinajstić information content (AvgIpc) is 3.40. The van der Waals surface area contributed by atoms with Gasteiger partial charge in [-0.1, -0.05) is 18.2 Å². The fourth-order valence-corrected chi connectivity index (χ4v) is 4.66. The zero-order chi connectivity index (χ0) is 26.7. The van der Waals surface area contributed by atoms with Gasteiger partial charge in [0, 0.05) is 12.1 Å². The fraction of sp³-hybridized carbons (Fsp3) is 0.321. The van der Waals surface area contributed by atoms with E-state index in [1.165, 1.54) is 18.2 Å². The number of para-hydroxylation sites is 1. The lowest BCUT2D eigenvalue weighted by molar-refractivity contribution is -0.140. The first-order valence-corrected chi connectivity index (χ1v) is 12.0. The van der Waals surface area contributed by atoms with Gasteiger partial charge >= 0.3 is 0 Å². The van der Waals surface area contributed by atoms with Gasteiger partial charge in [0.15, 0.2) is 0 Å². The molecule has 1 aliphatic rings. The topological polar surface area (TPSA) is 97.1 Å². The van der Waals surface area contributed by atoms with Crippen LogP contribution in [0.4, 0.5) is 0 Å². The van der Waals surface area contributed by atoms with Crippen molar-refractivity contribution in [2.45, 2.75) is 19.4 Å². The minimum absolute atomic E-state index is 0.00267. The summed E-state index contributed by atoms with van der Waals surface area (Å²) in [7, 11) is 6.96. The van der Waals surface area contributed by atoms with Gasteiger partial charge in [0.1, 0.15) is 17.3 Å². The molecule has 2 aromatic carbocycles. The maximum atomic E-state index is 13.4. The Morgan fingerprint density at radius 3 is 2.46 bits per heavy atom. The van der Waals surface area contributed by atoms with Crippen LogP contribution in [0.25, 0.3) is 11.4 Å². The van der Waals surface area contributed by atoms with Crippen molar-refractivity contribution in [3.63, 3.8) is 0 Å². The summed E-state index contributed by atoms with van der Waals surface area (Å²) >= 11 is 0. The number of ether oxygens (including phenoxy) is 2. The Morgan fingerprint density at radius 1 is 1.08 bits per heavy atom. The molecule has 1 atom stereocenters. The van der Waals surface area contributed by atoms with Crippen molar-refractivity contribution in [2.24, 2.45) is 0 Å². The Hall–Kier alpha value is -4.11. The number of aliphatic hydroxyl groups is 1. The monoisotopic (exact) mass is 504 g/mol. The number of likely N-dealkylation sites (tertiary alicyclic amines) is 1. The number of aromatic nitrogens is 2. The zero-order valence-electron chi connectivity index (χ0n) is 21.8. The number of amides is 1. The number of methoxy groups -OCH3 is 2. The van der Waals surface area contributed by atoms with Gasteiger partial charge in [-0.15, -0.1) is 0 Å². The third kappa shape index (κ3) is 4.95. The summed E-state index contributed by atoms with van der Waals surface area (Å²) in [5.74, 6) is -0.661. The minimum Gasteiger partial charge on any atom is -0.507 e. The molecule has 1 saturated heterocycles. The molecule has 1 amide bonds. The van der Waals surface area contributed by atoms with Crippen molar-refractivity contribution in [1.29, 1.82) is 0 Å². The summed E-state index contributed by atoms with van der Waals surface area (Å²) in [6.45, 7) is 2.87. The van der Waals surface area contributed by atoms with E-state index in [1.54, 1.807) is 30.0 Å². The van der Waals surface area contributed by atoms with Crippen LogP contribution in [0, 0.1) is 6.92 Å². The van der Waals surface area contributed by atoms with E-state index in [4.69, 9.17) is 9.47 Å². The number of carbonyl (C=O) groups excluding carboxylic acids is 2. The first-order chi connectivity index (χ1) is 17.8. The number of carbonyl (C=O) groups is 2. The molecule has 0 spiro atoms. The van der Waals surface area contributed by atoms with Crippen molar-refractivity contribution < 1.29 is 24.2 Å². The van der Waals surface area contributed by atoms with E-state index in [1.807, 2.05) is 56.3 Å². The lowest BCUT2D eigenvalue weighted by Crippen LogP contribution is -2.32. The summed E-state index contributed by atoms with van der Waals surface area (Å²) in [6.07, 6.45) is 2.16. The van der Waals surface area contributed by atoms with E-state index in [-0.39, 0.29) is 11.3 Å². The number of rotatable bonds is 9. The van der Waals surface area contributed by atoms with Crippen LogP contribution < -0.4 is 9.47 Å². The largest absolute Gasteiger partial charge is 0.507 e. The van der Waals surface area contributed by atoms with Gasteiger partial charge in [-0.25, -0.2) is 4.68 Å². The normalized spacial score (nSPS) is 17.0. The number of nitrogens with zero attached hydrogens (tertiary/aromatic N) is 4. The van der Waals surface area contributed by atoms with Crippen LogP contribution in [0.15, 0.2) is 60.3 Å². The van der Waals surface area contributed by atoms with Crippen LogP contribution in [-0.2, 0) is 9.59 Å². The minimum atomic E-state index is -0.855. The lowest BCUT2D eigenvalue weighted by Gasteiger charge is -2.27. The maximum Gasteiger partial charge on any atom is 0.295 e. The molecule has 4 rings (SSSR count). The third-order valence-corrected chi connectivity index (χ3v) is 6.54. The van der Waals surface area contributed by atoms with Crippen molar-refractivity contribution in [1.82, 2.24) is 19.6 Å². The Balaban J connectivity index is 1.88. The van der Waals surface area contributed by atoms with Crippen molar-refractivity contribution >= 4 is 17.4 Å². The third-order valence-electron chi connectivity index (χ3n) is 6.54. The zero-order valence-corrected chi connectivity index (χ0v) is 21.8. The molecule has 9 heteroatoms. The molecule has 2 heterocycles. The summed E-state index contributed by atoms with van der Waals surface area (Å²) in [5, 5.41) is 16.0. The second-order valence-electron chi connectivity index (χ2n) is 9.15. The van der Waals surface area contributed by atoms with E-state index in [0.29, 0.717) is 41.3 Å². The molecule has 1 fully saturated rings. The Morgan fingerprint density at radius 2 is 1.81 bits per heavy atom. The first kappa shape index (κ1) is 26.0. The molecule has 1 N–H and O–H groups in total. The Labute approximate surface area is 216 Å². The van der Waals surface area contributed by atoms with Gasteiger partial charge in [0.25, 0.3) is 11.7 Å². The molecule has 3 aromatic rings. The van der Waals surface area contributed by atoms with Crippen LogP contribution in [0.5, 0.6) is 11.5 Å². The van der Waals surface area contributed by atoms with E-state index in [2.05, 4.69) is 5.10 Å². The number of Topliss-reactive ketones (excluding diaryl/α,β-unsaturated/α-hetero) is 1. The predicted molar refractivity (Wildman–Crippen MR) is 140 cm³/mol. The molecular weight excluding hydrogens is 472 g/mol. The fourth-order valence-electron chi connectivity index (χ4n) is 4.66. The highest BCUT2D eigenvalue weighted by Gasteiger charge is 2.47. The van der Waals surface area contributed by atoms with Crippen LogP contribution in [0.3, 0.4) is 0 Å². The van der Waals surface area contributed by atoms with Crippen molar-refractivity contribution in [3.8, 4) is 17.2 Å². The molecule has 0 saturated carbocycles. The molecule has 0 radical (unpaired) electrons. The van der Waals surface area contributed by atoms with E-state index in [9.17, 15) is 14.7 Å². The number of aliphatic hydroxyl groups excluding tert-OH is 1. The highest BCUT2D eigenvalue weighted by atomic mass is 16.5. The van der Waals surface area contributed by atoms with Crippen LogP contribution >= 0.6 is 0 Å². The number of ketones is 1. The van der Waals surface area contributed by atoms with E-state index >= 15 is 0 Å². The molecule has 0 aliphatic carbocycles. The molecule has 9 nitrogen and oxygen atoms in total. The molecule has 0 bridgehead atoms. The molecule has 1 aromatic heterocycles. The second kappa shape index (κ2) is 10.9. The number of hydrogen-bond acceptors (Lipinski definition) is 7. The second-order valence-corrected chi connectivity index (χ2v) is 9.15. The van der Waals surface area contributed by atoms with Crippen LogP contribution in [0.1, 0.15) is 29.3 Å². The van der Waals surface area contributed by atoms with Gasteiger partial charge in [-0.3, -0.25) is 9.59 Å². The number of hydrogen-bond donors (Lipinski definition) is 1. The molecule has 0 unspecified atom stereocenters. The first-order valence-electron chi connectivity index (χ1n) is 12.0.